The van der Waals surface area contributed by atoms with Gasteiger partial charge in [0, 0.05) is 6.08 Å². The predicted octanol–water partition coefficient (Wildman–Crippen LogP) is -5.21. The van der Waals surface area contributed by atoms with Crippen LogP contribution >= 0.6 is 0 Å². The molecule has 10 N–H and O–H groups in total. The normalized spacial score (nSPS) is 42.4. The number of phenols is 1. The zero-order valence-corrected chi connectivity index (χ0v) is 26.5. The van der Waals surface area contributed by atoms with E-state index in [0.29, 0.717) is 5.56 Å². The molecule has 20 nitrogen and oxygen atoms in total. The minimum Gasteiger partial charge on any atom is -0.504 e. The number of carbonyl (C=O) groups is 1. The van der Waals surface area contributed by atoms with E-state index >= 15 is 0 Å². The van der Waals surface area contributed by atoms with Crippen LogP contribution < -0.4 is 4.74 Å². The molecule has 4 saturated heterocycles. The van der Waals surface area contributed by atoms with E-state index in [-0.39, 0.29) is 11.5 Å². The molecule has 20 heteroatoms. The van der Waals surface area contributed by atoms with E-state index in [9.17, 15) is 55.9 Å². The number of aliphatic hydroxyl groups excluding tert-OH is 9. The maximum Gasteiger partial charge on any atom is 0.330 e. The van der Waals surface area contributed by atoms with Crippen LogP contribution in [0.25, 0.3) is 6.08 Å². The van der Waals surface area contributed by atoms with Gasteiger partial charge in [0.15, 0.2) is 36.7 Å². The van der Waals surface area contributed by atoms with Crippen LogP contribution in [0.3, 0.4) is 0 Å². The summed E-state index contributed by atoms with van der Waals surface area (Å²) in [6.45, 7) is -1.83. The minimum atomic E-state index is -1.82. The summed E-state index contributed by atoms with van der Waals surface area (Å²) in [4.78, 5) is 12.4. The number of hydrogen-bond donors (Lipinski definition) is 10. The Hall–Kier alpha value is -2.61. The van der Waals surface area contributed by atoms with Gasteiger partial charge in [0.1, 0.15) is 79.9 Å². The Kier molecular flexibility index (Phi) is 13.0. The van der Waals surface area contributed by atoms with E-state index in [0.717, 1.165) is 6.08 Å². The van der Waals surface area contributed by atoms with E-state index in [1.807, 2.05) is 0 Å². The molecule has 4 fully saturated rings. The van der Waals surface area contributed by atoms with Crippen molar-refractivity contribution >= 4 is 12.0 Å². The molecule has 282 valence electrons. The second-order valence-corrected chi connectivity index (χ2v) is 12.0. The van der Waals surface area contributed by atoms with Crippen molar-refractivity contribution in [3.8, 4) is 11.5 Å². The molecular formula is C30H42O20. The number of ether oxygens (including phenoxy) is 9. The van der Waals surface area contributed by atoms with Crippen molar-refractivity contribution in [2.75, 3.05) is 33.5 Å². The second kappa shape index (κ2) is 16.8. The first-order valence-corrected chi connectivity index (χ1v) is 15.6. The summed E-state index contributed by atoms with van der Waals surface area (Å²) < 4.78 is 48.9. The van der Waals surface area contributed by atoms with Gasteiger partial charge in [-0.2, -0.15) is 0 Å². The van der Waals surface area contributed by atoms with Gasteiger partial charge in [0.2, 0.25) is 0 Å². The van der Waals surface area contributed by atoms with E-state index in [1.54, 1.807) is 0 Å². The number of benzene rings is 1. The lowest BCUT2D eigenvalue weighted by Gasteiger charge is -2.45. The van der Waals surface area contributed by atoms with Crippen LogP contribution in [-0.4, -0.2) is 189 Å². The van der Waals surface area contributed by atoms with Crippen molar-refractivity contribution in [3.05, 3.63) is 29.8 Å². The molecule has 1 aromatic rings. The first kappa shape index (κ1) is 38.6. The monoisotopic (exact) mass is 722 g/mol. The van der Waals surface area contributed by atoms with Gasteiger partial charge in [-0.25, -0.2) is 4.79 Å². The number of aliphatic hydroxyl groups is 9. The summed E-state index contributed by atoms with van der Waals surface area (Å²) >= 11 is 0. The number of methoxy groups -OCH3 is 1. The van der Waals surface area contributed by atoms with Gasteiger partial charge in [-0.15, -0.1) is 0 Å². The zero-order valence-electron chi connectivity index (χ0n) is 26.5. The molecule has 0 spiro atoms. The molecular weight excluding hydrogens is 680 g/mol. The van der Waals surface area contributed by atoms with E-state index in [1.165, 1.54) is 31.4 Å². The van der Waals surface area contributed by atoms with Gasteiger partial charge in [-0.1, -0.05) is 6.07 Å². The van der Waals surface area contributed by atoms with Gasteiger partial charge in [0.25, 0.3) is 0 Å². The fraction of sp³-hybridized carbons (Fsp3) is 0.700. The lowest BCUT2D eigenvalue weighted by Crippen LogP contribution is -2.62. The van der Waals surface area contributed by atoms with E-state index in [4.69, 9.17) is 42.6 Å². The summed E-state index contributed by atoms with van der Waals surface area (Å²) in [6, 6.07) is 4.37. The quantitative estimate of drug-likeness (QED) is 0.0754. The van der Waals surface area contributed by atoms with E-state index in [2.05, 4.69) is 0 Å². The van der Waals surface area contributed by atoms with Gasteiger partial charge >= 0.3 is 5.97 Å². The number of esters is 1. The largest absolute Gasteiger partial charge is 0.504 e. The van der Waals surface area contributed by atoms with Crippen molar-refractivity contribution in [2.45, 2.75) is 98.4 Å². The van der Waals surface area contributed by atoms with Crippen LogP contribution in [0.5, 0.6) is 11.5 Å². The molecule has 4 heterocycles. The summed E-state index contributed by atoms with van der Waals surface area (Å²) in [5.74, 6) is -0.757. The molecule has 0 saturated carbocycles. The second-order valence-electron chi connectivity index (χ2n) is 12.0. The molecule has 0 bridgehead atoms. The van der Waals surface area contributed by atoms with Crippen LogP contribution in [0.1, 0.15) is 5.56 Å². The molecule has 1 aromatic carbocycles. The highest BCUT2D eigenvalue weighted by atomic mass is 16.8. The molecule has 0 unspecified atom stereocenters. The van der Waals surface area contributed by atoms with Gasteiger partial charge < -0.3 is 93.7 Å². The van der Waals surface area contributed by atoms with Crippen molar-refractivity contribution < 1.29 is 98.5 Å². The maximum atomic E-state index is 12.4. The molecule has 4 aliphatic rings. The Morgan fingerprint density at radius 1 is 0.760 bits per heavy atom. The fourth-order valence-electron chi connectivity index (χ4n) is 5.60. The van der Waals surface area contributed by atoms with Gasteiger partial charge in [-0.05, 0) is 23.8 Å². The Bertz CT molecular complexity index is 1300. The summed E-state index contributed by atoms with van der Waals surface area (Å²) in [7, 11) is 1.36. The number of hydrogen-bond acceptors (Lipinski definition) is 20. The van der Waals surface area contributed by atoms with Gasteiger partial charge in [0.05, 0.1) is 26.9 Å². The molecule has 0 radical (unpaired) electrons. The molecule has 50 heavy (non-hydrogen) atoms. The Morgan fingerprint density at radius 3 is 2.16 bits per heavy atom. The van der Waals surface area contributed by atoms with Crippen molar-refractivity contribution in [2.24, 2.45) is 0 Å². The lowest BCUT2D eigenvalue weighted by molar-refractivity contribution is -0.362. The topological polar surface area (TPSA) is 302 Å². The van der Waals surface area contributed by atoms with Crippen LogP contribution in [0, 0.1) is 0 Å². The van der Waals surface area contributed by atoms with E-state index < -0.39 is 131 Å². The smallest absolute Gasteiger partial charge is 0.330 e. The lowest BCUT2D eigenvalue weighted by atomic mass is 10.0. The first-order valence-electron chi connectivity index (χ1n) is 15.6. The average molecular weight is 723 g/mol. The zero-order chi connectivity index (χ0) is 36.3. The third kappa shape index (κ3) is 8.70. The summed E-state index contributed by atoms with van der Waals surface area (Å²) in [5.41, 5.74) is 0.503. The highest BCUT2D eigenvalue weighted by Crippen LogP contribution is 2.32. The van der Waals surface area contributed by atoms with Crippen molar-refractivity contribution in [3.63, 3.8) is 0 Å². The Balaban J connectivity index is 1.24. The highest BCUT2D eigenvalue weighted by molar-refractivity contribution is 5.87. The minimum absolute atomic E-state index is 0.0964. The number of aromatic hydroxyl groups is 1. The summed E-state index contributed by atoms with van der Waals surface area (Å²) in [5, 5.41) is 103. The predicted molar refractivity (Wildman–Crippen MR) is 157 cm³/mol. The molecule has 16 atom stereocenters. The third-order valence-electron chi connectivity index (χ3n) is 8.55. The maximum absolute atomic E-state index is 12.4. The van der Waals surface area contributed by atoms with Crippen LogP contribution in [0.15, 0.2) is 24.3 Å². The van der Waals surface area contributed by atoms with Gasteiger partial charge in [-0.3, -0.25) is 0 Å². The average Bonchev–Trinajstić information content (AvgIpc) is 3.37. The van der Waals surface area contributed by atoms with Crippen LogP contribution in [0.2, 0.25) is 0 Å². The SMILES string of the molecule is COc1cc(/C=C\C(=O)OC[C@H]2O[C@@H](O[C@@H]3[C@@H](O)[C@H](O[C@@H]4CO[C@@H](O)[C@H](O)[C@H]4O)OC[C@H]3O[C@@H]3OC[C@@H](O)[C@H](O)[C@H]3O)[C@@H](O)[C@@H]2O)ccc1O. The summed E-state index contributed by atoms with van der Waals surface area (Å²) in [6.07, 6.45) is -23.0. The highest BCUT2D eigenvalue weighted by Gasteiger charge is 2.52. The fourth-order valence-corrected chi connectivity index (χ4v) is 5.60. The van der Waals surface area contributed by atoms with Crippen molar-refractivity contribution in [1.82, 2.24) is 0 Å². The van der Waals surface area contributed by atoms with Crippen LogP contribution in [-0.2, 0) is 42.7 Å². The Labute approximate surface area is 284 Å². The van der Waals surface area contributed by atoms with Crippen molar-refractivity contribution in [1.29, 1.82) is 0 Å². The van der Waals surface area contributed by atoms with Crippen LogP contribution in [0.4, 0.5) is 0 Å². The number of phenolic OH excluding ortho intramolecular Hbond substituents is 1. The third-order valence-corrected chi connectivity index (χ3v) is 8.55. The molecule has 5 rings (SSSR count). The molecule has 0 aliphatic carbocycles. The standard InChI is InChI=1S/C30H42O20/c1-42-14-6-11(2-4-12(14)31)3-5-18(33)43-8-15-21(36)24(39)30(48-15)50-26-17(49-28-23(38)19(34)13(32)7-45-28)10-46-29(25(26)40)47-16-9-44-27(41)22(37)20(16)35/h2-6,13,15-17,19-32,34-41H,7-10H2,1H3/b5-3-/t13-,15-,16-,17-,19+,20+,21-,22-,23-,24+,25-,26+,27-,28+,29+,30+/m1/s1. The number of carbonyl (C=O) groups excluding carboxylic acids is 1. The molecule has 0 amide bonds. The first-order chi connectivity index (χ1) is 23.8. The Morgan fingerprint density at radius 2 is 1.42 bits per heavy atom. The molecule has 4 aliphatic heterocycles. The number of rotatable bonds is 11. The molecule has 0 aromatic heterocycles.